The molecule has 0 saturated carbocycles. The van der Waals surface area contributed by atoms with Gasteiger partial charge >= 0.3 is 0 Å². The van der Waals surface area contributed by atoms with Crippen LogP contribution in [0.3, 0.4) is 0 Å². The van der Waals surface area contributed by atoms with E-state index in [1.807, 2.05) is 24.3 Å². The van der Waals surface area contributed by atoms with Crippen LogP contribution in [0.15, 0.2) is 78.5 Å². The van der Waals surface area contributed by atoms with Gasteiger partial charge in [0.05, 0.1) is 6.61 Å². The van der Waals surface area contributed by atoms with E-state index in [0.717, 1.165) is 6.04 Å². The fourth-order valence-corrected chi connectivity index (χ4v) is 4.05. The summed E-state index contributed by atoms with van der Waals surface area (Å²) in [6.45, 7) is 11.6. The molecule has 1 unspecified atom stereocenters. The normalized spacial score (nSPS) is 12.5. The molecule has 0 aromatic heterocycles. The Morgan fingerprint density at radius 3 is 2.09 bits per heavy atom. The highest BCUT2D eigenvalue weighted by molar-refractivity contribution is 6.76. The van der Waals surface area contributed by atoms with E-state index in [4.69, 9.17) is 4.74 Å². The highest BCUT2D eigenvalue weighted by Gasteiger charge is 2.23. The smallest absolute Gasteiger partial charge is 0.111 e. The minimum atomic E-state index is -1.26. The van der Waals surface area contributed by atoms with Gasteiger partial charge in [0.2, 0.25) is 0 Å². The fraction of sp³-hybridized carbons (Fsp3) is 0.286. The van der Waals surface area contributed by atoms with Crippen molar-refractivity contribution in [2.24, 2.45) is 0 Å². The zero-order valence-corrected chi connectivity index (χ0v) is 15.4. The Balaban J connectivity index is 2.23. The van der Waals surface area contributed by atoms with Crippen LogP contribution in [-0.2, 0) is 11.3 Å². The van der Waals surface area contributed by atoms with Crippen molar-refractivity contribution in [3.8, 4) is 0 Å². The predicted octanol–water partition coefficient (Wildman–Crippen LogP) is 5.99. The Hall–Kier alpha value is -1.86. The van der Waals surface area contributed by atoms with Gasteiger partial charge in [-0.25, -0.2) is 0 Å². The molecule has 0 radical (unpaired) electrons. The molecule has 0 heterocycles. The SMILES string of the molecule is C=C=C(C[Si](C)(C)C)C(OCc1ccccc1)c1ccccc1. The van der Waals surface area contributed by atoms with Gasteiger partial charge in [-0.05, 0) is 17.2 Å². The van der Waals surface area contributed by atoms with Crippen LogP contribution in [0, 0.1) is 0 Å². The lowest BCUT2D eigenvalue weighted by Gasteiger charge is -2.25. The van der Waals surface area contributed by atoms with Crippen molar-refractivity contribution < 1.29 is 4.74 Å². The monoisotopic (exact) mass is 322 g/mol. The van der Waals surface area contributed by atoms with Gasteiger partial charge in [0.25, 0.3) is 0 Å². The van der Waals surface area contributed by atoms with E-state index in [0.29, 0.717) is 6.61 Å². The van der Waals surface area contributed by atoms with E-state index in [-0.39, 0.29) is 6.10 Å². The van der Waals surface area contributed by atoms with Gasteiger partial charge in [0, 0.05) is 13.6 Å². The summed E-state index contributed by atoms with van der Waals surface area (Å²) in [7, 11) is -1.26. The molecule has 1 atom stereocenters. The zero-order valence-electron chi connectivity index (χ0n) is 14.4. The summed E-state index contributed by atoms with van der Waals surface area (Å²) >= 11 is 0. The molecule has 0 fully saturated rings. The molecule has 0 aliphatic carbocycles. The standard InChI is InChI=1S/C21H26OSi/c1-5-19(17-23(2,3)4)21(20-14-10-7-11-15-20)22-16-18-12-8-6-9-13-18/h6-15,21H,1,16-17H2,2-4H3. The topological polar surface area (TPSA) is 9.23 Å². The lowest BCUT2D eigenvalue weighted by molar-refractivity contribution is 0.0641. The quantitative estimate of drug-likeness (QED) is 0.449. The Kier molecular flexibility index (Phi) is 6.17. The molecule has 1 nitrogen and oxygen atoms in total. The van der Waals surface area contributed by atoms with Gasteiger partial charge in [-0.15, -0.1) is 5.73 Å². The van der Waals surface area contributed by atoms with Crippen LogP contribution in [0.5, 0.6) is 0 Å². The summed E-state index contributed by atoms with van der Waals surface area (Å²) < 4.78 is 6.30. The van der Waals surface area contributed by atoms with E-state index in [2.05, 4.69) is 68.3 Å². The fourth-order valence-electron chi connectivity index (χ4n) is 2.60. The first kappa shape index (κ1) is 17.5. The van der Waals surface area contributed by atoms with E-state index in [1.165, 1.54) is 16.7 Å². The van der Waals surface area contributed by atoms with E-state index >= 15 is 0 Å². The second kappa shape index (κ2) is 8.12. The molecule has 0 spiro atoms. The molecule has 2 rings (SSSR count). The first-order valence-corrected chi connectivity index (χ1v) is 11.8. The first-order chi connectivity index (χ1) is 11.0. The molecule has 2 aromatic carbocycles. The van der Waals surface area contributed by atoms with Crippen LogP contribution in [0.4, 0.5) is 0 Å². The van der Waals surface area contributed by atoms with Crippen molar-refractivity contribution in [3.05, 3.63) is 89.7 Å². The van der Waals surface area contributed by atoms with Crippen molar-refractivity contribution in [2.75, 3.05) is 0 Å². The molecule has 0 saturated heterocycles. The van der Waals surface area contributed by atoms with Gasteiger partial charge in [0.1, 0.15) is 6.10 Å². The zero-order chi connectivity index (χ0) is 16.7. The van der Waals surface area contributed by atoms with Gasteiger partial charge in [-0.2, -0.15) is 0 Å². The summed E-state index contributed by atoms with van der Waals surface area (Å²) in [5, 5.41) is 0. The maximum atomic E-state index is 6.30. The highest BCUT2D eigenvalue weighted by atomic mass is 28.3. The lowest BCUT2D eigenvalue weighted by atomic mass is 10.0. The summed E-state index contributed by atoms with van der Waals surface area (Å²) in [4.78, 5) is 0. The number of benzene rings is 2. The van der Waals surface area contributed by atoms with Crippen molar-refractivity contribution in [3.63, 3.8) is 0 Å². The second-order valence-electron chi connectivity index (χ2n) is 7.03. The van der Waals surface area contributed by atoms with E-state index in [1.54, 1.807) is 0 Å². The molecule has 0 N–H and O–H groups in total. The molecule has 120 valence electrons. The first-order valence-electron chi connectivity index (χ1n) is 8.09. The Bertz CT molecular complexity index is 649. The average molecular weight is 323 g/mol. The van der Waals surface area contributed by atoms with Gasteiger partial charge in [-0.3, -0.25) is 0 Å². The minimum Gasteiger partial charge on any atom is -0.364 e. The van der Waals surface area contributed by atoms with Crippen LogP contribution in [0.2, 0.25) is 25.7 Å². The second-order valence-corrected chi connectivity index (χ2v) is 12.5. The molecular formula is C21H26OSi. The molecule has 0 bridgehead atoms. The van der Waals surface area contributed by atoms with Crippen molar-refractivity contribution in [1.82, 2.24) is 0 Å². The highest BCUT2D eigenvalue weighted by Crippen LogP contribution is 2.32. The molecule has 0 aliphatic heterocycles. The maximum Gasteiger partial charge on any atom is 0.111 e. The van der Waals surface area contributed by atoms with Crippen LogP contribution < -0.4 is 0 Å². The van der Waals surface area contributed by atoms with Gasteiger partial charge in [0.15, 0.2) is 0 Å². The number of hydrogen-bond donors (Lipinski definition) is 0. The Morgan fingerprint density at radius 2 is 1.57 bits per heavy atom. The largest absolute Gasteiger partial charge is 0.364 e. The maximum absolute atomic E-state index is 6.30. The van der Waals surface area contributed by atoms with Crippen molar-refractivity contribution in [2.45, 2.75) is 38.4 Å². The number of ether oxygens (including phenoxy) is 1. The molecule has 2 aromatic rings. The molecule has 0 aliphatic rings. The van der Waals surface area contributed by atoms with Crippen LogP contribution in [0.1, 0.15) is 17.2 Å². The van der Waals surface area contributed by atoms with Crippen molar-refractivity contribution in [1.29, 1.82) is 0 Å². The predicted molar refractivity (Wildman–Crippen MR) is 101 cm³/mol. The van der Waals surface area contributed by atoms with E-state index < -0.39 is 8.07 Å². The van der Waals surface area contributed by atoms with Crippen LogP contribution in [0.25, 0.3) is 0 Å². The van der Waals surface area contributed by atoms with Crippen molar-refractivity contribution >= 4 is 8.07 Å². The third kappa shape index (κ3) is 5.68. The number of rotatable bonds is 7. The van der Waals surface area contributed by atoms with Gasteiger partial charge in [-0.1, -0.05) is 86.9 Å². The molecule has 2 heteroatoms. The van der Waals surface area contributed by atoms with E-state index in [9.17, 15) is 0 Å². The Morgan fingerprint density at radius 1 is 1.00 bits per heavy atom. The minimum absolute atomic E-state index is 0.0689. The summed E-state index contributed by atoms with van der Waals surface area (Å²) in [6, 6.07) is 21.7. The summed E-state index contributed by atoms with van der Waals surface area (Å²) in [5.41, 5.74) is 6.70. The van der Waals surface area contributed by atoms with Crippen LogP contribution >= 0.6 is 0 Å². The van der Waals surface area contributed by atoms with Crippen LogP contribution in [-0.4, -0.2) is 8.07 Å². The lowest BCUT2D eigenvalue weighted by Crippen LogP contribution is -2.22. The van der Waals surface area contributed by atoms with Gasteiger partial charge < -0.3 is 4.74 Å². The third-order valence-corrected chi connectivity index (χ3v) is 5.07. The molecule has 23 heavy (non-hydrogen) atoms. The molecule has 0 amide bonds. The summed E-state index contributed by atoms with van der Waals surface area (Å²) in [5.74, 6) is 0. The third-order valence-electron chi connectivity index (χ3n) is 3.63. The summed E-state index contributed by atoms with van der Waals surface area (Å²) in [6.07, 6.45) is -0.0689. The Labute approximate surface area is 141 Å². The number of hydrogen-bond acceptors (Lipinski definition) is 1. The molecular weight excluding hydrogens is 296 g/mol. The average Bonchev–Trinajstić information content (AvgIpc) is 2.55.